The minimum absolute atomic E-state index is 0.145. The van der Waals surface area contributed by atoms with E-state index in [1.54, 1.807) is 0 Å². The first-order chi connectivity index (χ1) is 10.8. The van der Waals surface area contributed by atoms with Crippen LogP contribution in [0.4, 0.5) is 5.69 Å². The molecule has 0 radical (unpaired) electrons. The van der Waals surface area contributed by atoms with Crippen LogP contribution in [0, 0.1) is 13.8 Å². The van der Waals surface area contributed by atoms with Gasteiger partial charge in [0.15, 0.2) is 0 Å². The molecule has 2 N–H and O–H groups in total. The number of hydrogen-bond donors (Lipinski definition) is 1. The van der Waals surface area contributed by atoms with E-state index in [9.17, 15) is 8.42 Å². The Morgan fingerprint density at radius 1 is 1.09 bits per heavy atom. The van der Waals surface area contributed by atoms with E-state index in [1.165, 1.54) is 6.26 Å². The highest BCUT2D eigenvalue weighted by atomic mass is 32.2. The van der Waals surface area contributed by atoms with E-state index in [1.807, 2.05) is 50.2 Å². The summed E-state index contributed by atoms with van der Waals surface area (Å²) in [6, 6.07) is 11.8. The number of ether oxygens (including phenoxy) is 1. The molecule has 0 aromatic heterocycles. The maximum Gasteiger partial charge on any atom is 0.147 e. The standard InChI is InChI=1S/C18H23NO3S/c1-13-10-17(22-8-5-9-23(3,20)21)11-14(2)18(13)15-6-4-7-16(19)12-15/h4,6-7,10-12H,5,8-9,19H2,1-3H3. The largest absolute Gasteiger partial charge is 0.494 e. The Kier molecular flexibility index (Phi) is 5.31. The molecule has 0 saturated heterocycles. The molecule has 0 unspecified atom stereocenters. The first-order valence-corrected chi connectivity index (χ1v) is 9.60. The van der Waals surface area contributed by atoms with E-state index in [2.05, 4.69) is 0 Å². The Balaban J connectivity index is 2.14. The molecule has 0 aliphatic carbocycles. The van der Waals surface area contributed by atoms with Crippen LogP contribution < -0.4 is 10.5 Å². The van der Waals surface area contributed by atoms with Crippen molar-refractivity contribution >= 4 is 15.5 Å². The fourth-order valence-corrected chi connectivity index (χ4v) is 3.31. The van der Waals surface area contributed by atoms with Gasteiger partial charge in [-0.15, -0.1) is 0 Å². The van der Waals surface area contributed by atoms with Crippen molar-refractivity contribution in [3.05, 3.63) is 47.5 Å². The van der Waals surface area contributed by atoms with E-state index >= 15 is 0 Å². The number of benzene rings is 2. The third-order valence-electron chi connectivity index (χ3n) is 3.61. The summed E-state index contributed by atoms with van der Waals surface area (Å²) in [6.45, 7) is 4.47. The molecule has 0 aliphatic heterocycles. The van der Waals surface area contributed by atoms with Crippen molar-refractivity contribution in [2.24, 2.45) is 0 Å². The Bertz CT molecular complexity index is 775. The van der Waals surface area contributed by atoms with Crippen molar-refractivity contribution in [2.75, 3.05) is 24.3 Å². The van der Waals surface area contributed by atoms with Gasteiger partial charge in [0.1, 0.15) is 15.6 Å². The third kappa shape index (κ3) is 4.99. The molecule has 0 saturated carbocycles. The van der Waals surface area contributed by atoms with Crippen LogP contribution in [0.2, 0.25) is 0 Å². The second-order valence-corrected chi connectivity index (χ2v) is 8.15. The van der Waals surface area contributed by atoms with Crippen LogP contribution in [0.25, 0.3) is 11.1 Å². The average molecular weight is 333 g/mol. The van der Waals surface area contributed by atoms with Gasteiger partial charge in [-0.05, 0) is 66.8 Å². The van der Waals surface area contributed by atoms with Crippen molar-refractivity contribution in [1.82, 2.24) is 0 Å². The maximum absolute atomic E-state index is 11.1. The Morgan fingerprint density at radius 3 is 2.30 bits per heavy atom. The van der Waals surface area contributed by atoms with Crippen molar-refractivity contribution in [2.45, 2.75) is 20.3 Å². The summed E-state index contributed by atoms with van der Waals surface area (Å²) in [5, 5.41) is 0. The van der Waals surface area contributed by atoms with Gasteiger partial charge in [-0.3, -0.25) is 0 Å². The number of nitrogen functional groups attached to an aromatic ring is 1. The first-order valence-electron chi connectivity index (χ1n) is 7.54. The number of hydrogen-bond acceptors (Lipinski definition) is 4. The van der Waals surface area contributed by atoms with Gasteiger partial charge in [0.2, 0.25) is 0 Å². The summed E-state index contributed by atoms with van der Waals surface area (Å²) in [4.78, 5) is 0. The van der Waals surface area contributed by atoms with Gasteiger partial charge in [0.25, 0.3) is 0 Å². The summed E-state index contributed by atoms with van der Waals surface area (Å²) >= 11 is 0. The van der Waals surface area contributed by atoms with Crippen LogP contribution in [0.15, 0.2) is 36.4 Å². The van der Waals surface area contributed by atoms with Crippen LogP contribution in [-0.4, -0.2) is 27.0 Å². The smallest absolute Gasteiger partial charge is 0.147 e. The molecule has 0 spiro atoms. The highest BCUT2D eigenvalue weighted by Gasteiger charge is 2.09. The Morgan fingerprint density at radius 2 is 1.74 bits per heavy atom. The van der Waals surface area contributed by atoms with Crippen LogP contribution >= 0.6 is 0 Å². The molecule has 124 valence electrons. The number of anilines is 1. The number of aryl methyl sites for hydroxylation is 2. The van der Waals surface area contributed by atoms with Gasteiger partial charge in [-0.1, -0.05) is 12.1 Å². The van der Waals surface area contributed by atoms with Crippen molar-refractivity contribution in [3.63, 3.8) is 0 Å². The van der Waals surface area contributed by atoms with Crippen LogP contribution in [0.3, 0.4) is 0 Å². The van der Waals surface area contributed by atoms with Gasteiger partial charge in [0, 0.05) is 11.9 Å². The fraction of sp³-hybridized carbons (Fsp3) is 0.333. The first kappa shape index (κ1) is 17.3. The van der Waals surface area contributed by atoms with Crippen molar-refractivity contribution < 1.29 is 13.2 Å². The number of nitrogens with two attached hydrogens (primary N) is 1. The quantitative estimate of drug-likeness (QED) is 0.650. The molecule has 2 aromatic carbocycles. The normalized spacial score (nSPS) is 11.4. The molecule has 4 nitrogen and oxygen atoms in total. The number of rotatable bonds is 6. The summed E-state index contributed by atoms with van der Waals surface area (Å²) in [5.41, 5.74) is 11.1. The molecule has 5 heteroatoms. The lowest BCUT2D eigenvalue weighted by molar-refractivity contribution is 0.317. The predicted octanol–water partition coefficient (Wildman–Crippen LogP) is 3.37. The molecule has 0 amide bonds. The summed E-state index contributed by atoms with van der Waals surface area (Å²) in [5.74, 6) is 0.910. The summed E-state index contributed by atoms with van der Waals surface area (Å²) in [7, 11) is -2.93. The number of sulfone groups is 1. The van der Waals surface area contributed by atoms with Crippen LogP contribution in [-0.2, 0) is 9.84 Å². The molecule has 0 fully saturated rings. The van der Waals surface area contributed by atoms with E-state index in [0.29, 0.717) is 13.0 Å². The average Bonchev–Trinajstić information content (AvgIpc) is 2.42. The molecular formula is C18H23NO3S. The lowest BCUT2D eigenvalue weighted by Gasteiger charge is -2.14. The van der Waals surface area contributed by atoms with Crippen LogP contribution in [0.5, 0.6) is 5.75 Å². The maximum atomic E-state index is 11.1. The van der Waals surface area contributed by atoms with Crippen molar-refractivity contribution in [1.29, 1.82) is 0 Å². The van der Waals surface area contributed by atoms with Gasteiger partial charge < -0.3 is 10.5 Å². The lowest BCUT2D eigenvalue weighted by atomic mass is 9.95. The second kappa shape index (κ2) is 7.04. The zero-order valence-corrected chi connectivity index (χ0v) is 14.6. The molecule has 2 rings (SSSR count). The Hall–Kier alpha value is -2.01. The van der Waals surface area contributed by atoms with Gasteiger partial charge >= 0.3 is 0 Å². The second-order valence-electron chi connectivity index (χ2n) is 5.89. The zero-order chi connectivity index (χ0) is 17.0. The molecule has 23 heavy (non-hydrogen) atoms. The van der Waals surface area contributed by atoms with Gasteiger partial charge in [-0.25, -0.2) is 8.42 Å². The topological polar surface area (TPSA) is 69.4 Å². The lowest BCUT2D eigenvalue weighted by Crippen LogP contribution is -2.08. The summed E-state index contributed by atoms with van der Waals surface area (Å²) < 4.78 is 27.9. The molecule has 0 heterocycles. The van der Waals surface area contributed by atoms with E-state index in [4.69, 9.17) is 10.5 Å². The Labute approximate surface area is 138 Å². The van der Waals surface area contributed by atoms with E-state index in [-0.39, 0.29) is 5.75 Å². The fourth-order valence-electron chi connectivity index (χ4n) is 2.67. The molecular weight excluding hydrogens is 310 g/mol. The molecule has 0 aliphatic rings. The predicted molar refractivity (Wildman–Crippen MR) is 95.6 cm³/mol. The minimum Gasteiger partial charge on any atom is -0.494 e. The highest BCUT2D eigenvalue weighted by molar-refractivity contribution is 7.90. The monoisotopic (exact) mass is 333 g/mol. The highest BCUT2D eigenvalue weighted by Crippen LogP contribution is 2.31. The zero-order valence-electron chi connectivity index (χ0n) is 13.8. The van der Waals surface area contributed by atoms with Crippen molar-refractivity contribution in [3.8, 4) is 16.9 Å². The molecule has 0 atom stereocenters. The third-order valence-corrected chi connectivity index (χ3v) is 4.64. The van der Waals surface area contributed by atoms with Gasteiger partial charge in [-0.2, -0.15) is 0 Å². The van der Waals surface area contributed by atoms with Crippen LogP contribution in [0.1, 0.15) is 17.5 Å². The molecule has 0 bridgehead atoms. The molecule has 2 aromatic rings. The minimum atomic E-state index is -2.93. The van der Waals surface area contributed by atoms with Gasteiger partial charge in [0.05, 0.1) is 12.4 Å². The SMILES string of the molecule is Cc1cc(OCCCS(C)(=O)=O)cc(C)c1-c1cccc(N)c1. The van der Waals surface area contributed by atoms with E-state index in [0.717, 1.165) is 33.7 Å². The van der Waals surface area contributed by atoms with E-state index < -0.39 is 9.84 Å². The summed E-state index contributed by atoms with van der Waals surface area (Å²) in [6.07, 6.45) is 1.73.